The van der Waals surface area contributed by atoms with E-state index in [1.54, 1.807) is 6.92 Å². The summed E-state index contributed by atoms with van der Waals surface area (Å²) < 4.78 is 26.2. The summed E-state index contributed by atoms with van der Waals surface area (Å²) in [5.74, 6) is -1.33. The first-order chi connectivity index (χ1) is 10.0. The minimum atomic E-state index is -0.603. The SMILES string of the molecule is CC(Cc1cc(F)cc(F)c1)C(=O)CCc1ccccc1. The van der Waals surface area contributed by atoms with Crippen molar-refractivity contribution in [3.63, 3.8) is 0 Å². The van der Waals surface area contributed by atoms with Crippen molar-refractivity contribution in [1.29, 1.82) is 0 Å². The van der Waals surface area contributed by atoms with Crippen LogP contribution in [0.5, 0.6) is 0 Å². The fraction of sp³-hybridized carbons (Fsp3) is 0.278. The van der Waals surface area contributed by atoms with Gasteiger partial charge in [0, 0.05) is 18.4 Å². The second-order valence-electron chi connectivity index (χ2n) is 5.33. The van der Waals surface area contributed by atoms with Crippen LogP contribution in [0.1, 0.15) is 24.5 Å². The molecule has 2 rings (SSSR count). The molecular weight excluding hydrogens is 270 g/mol. The van der Waals surface area contributed by atoms with Gasteiger partial charge >= 0.3 is 0 Å². The zero-order valence-electron chi connectivity index (χ0n) is 12.0. The third-order valence-corrected chi connectivity index (χ3v) is 3.52. The molecule has 0 radical (unpaired) electrons. The molecule has 0 N–H and O–H groups in total. The van der Waals surface area contributed by atoms with E-state index in [0.717, 1.165) is 11.6 Å². The van der Waals surface area contributed by atoms with Crippen LogP contribution < -0.4 is 0 Å². The monoisotopic (exact) mass is 288 g/mol. The first-order valence-corrected chi connectivity index (χ1v) is 7.06. The molecule has 3 heteroatoms. The highest BCUT2D eigenvalue weighted by Gasteiger charge is 2.14. The number of aryl methyl sites for hydroxylation is 1. The molecule has 0 bridgehead atoms. The van der Waals surface area contributed by atoms with Crippen LogP contribution >= 0.6 is 0 Å². The summed E-state index contributed by atoms with van der Waals surface area (Å²) >= 11 is 0. The summed E-state index contributed by atoms with van der Waals surface area (Å²) in [4.78, 5) is 12.1. The molecule has 0 aliphatic heterocycles. The van der Waals surface area contributed by atoms with Gasteiger partial charge in [0.2, 0.25) is 0 Å². The Bertz CT molecular complexity index is 588. The van der Waals surface area contributed by atoms with E-state index in [1.807, 2.05) is 30.3 Å². The van der Waals surface area contributed by atoms with Crippen LogP contribution in [0.2, 0.25) is 0 Å². The summed E-state index contributed by atoms with van der Waals surface area (Å²) in [5, 5.41) is 0. The lowest BCUT2D eigenvalue weighted by Gasteiger charge is -2.11. The Balaban J connectivity index is 1.90. The Labute approximate surface area is 123 Å². The maximum Gasteiger partial charge on any atom is 0.136 e. The molecule has 0 aliphatic rings. The predicted molar refractivity (Wildman–Crippen MR) is 79.0 cm³/mol. The van der Waals surface area contributed by atoms with Crippen molar-refractivity contribution in [2.24, 2.45) is 5.92 Å². The fourth-order valence-corrected chi connectivity index (χ4v) is 2.35. The molecule has 21 heavy (non-hydrogen) atoms. The highest BCUT2D eigenvalue weighted by atomic mass is 19.1. The van der Waals surface area contributed by atoms with Crippen LogP contribution in [0.25, 0.3) is 0 Å². The maximum absolute atomic E-state index is 13.1. The zero-order valence-corrected chi connectivity index (χ0v) is 12.0. The first kappa shape index (κ1) is 15.4. The van der Waals surface area contributed by atoms with Gasteiger partial charge in [0.05, 0.1) is 0 Å². The van der Waals surface area contributed by atoms with Crippen LogP contribution in [0, 0.1) is 17.6 Å². The van der Waals surface area contributed by atoms with Gasteiger partial charge in [-0.05, 0) is 36.1 Å². The Morgan fingerprint density at radius 3 is 2.24 bits per heavy atom. The molecule has 2 aromatic carbocycles. The average molecular weight is 288 g/mol. The molecule has 0 aromatic heterocycles. The zero-order chi connectivity index (χ0) is 15.2. The number of Topliss-reactive ketones (excluding diaryl/α,β-unsaturated/α-hetero) is 1. The molecule has 1 unspecified atom stereocenters. The predicted octanol–water partition coefficient (Wildman–Crippen LogP) is 4.35. The lowest BCUT2D eigenvalue weighted by atomic mass is 9.93. The third kappa shape index (κ3) is 4.78. The second kappa shape index (κ2) is 7.11. The molecule has 0 saturated heterocycles. The van der Waals surface area contributed by atoms with Crippen molar-refractivity contribution >= 4 is 5.78 Å². The largest absolute Gasteiger partial charge is 0.299 e. The van der Waals surface area contributed by atoms with Crippen molar-refractivity contribution in [3.8, 4) is 0 Å². The highest BCUT2D eigenvalue weighted by Crippen LogP contribution is 2.15. The summed E-state index contributed by atoms with van der Waals surface area (Å²) in [7, 11) is 0. The topological polar surface area (TPSA) is 17.1 Å². The summed E-state index contributed by atoms with van der Waals surface area (Å²) in [6.07, 6.45) is 1.51. The number of carbonyl (C=O) groups excluding carboxylic acids is 1. The minimum absolute atomic E-state index is 0.114. The van der Waals surface area contributed by atoms with E-state index >= 15 is 0 Å². The molecule has 0 fully saturated rings. The van der Waals surface area contributed by atoms with Crippen molar-refractivity contribution in [3.05, 3.63) is 71.3 Å². The highest BCUT2D eigenvalue weighted by molar-refractivity contribution is 5.81. The first-order valence-electron chi connectivity index (χ1n) is 7.06. The lowest BCUT2D eigenvalue weighted by molar-refractivity contribution is -0.122. The normalized spacial score (nSPS) is 12.1. The van der Waals surface area contributed by atoms with Crippen LogP contribution in [-0.4, -0.2) is 5.78 Å². The third-order valence-electron chi connectivity index (χ3n) is 3.52. The Morgan fingerprint density at radius 1 is 1.00 bits per heavy atom. The van der Waals surface area contributed by atoms with Gasteiger partial charge in [0.15, 0.2) is 0 Å². The van der Waals surface area contributed by atoms with Gasteiger partial charge in [-0.15, -0.1) is 0 Å². The smallest absolute Gasteiger partial charge is 0.136 e. The molecule has 1 atom stereocenters. The molecule has 1 nitrogen and oxygen atoms in total. The van der Waals surface area contributed by atoms with Gasteiger partial charge < -0.3 is 0 Å². The maximum atomic E-state index is 13.1. The summed E-state index contributed by atoms with van der Waals surface area (Å²) in [6, 6.07) is 13.2. The van der Waals surface area contributed by atoms with Crippen molar-refractivity contribution in [2.75, 3.05) is 0 Å². The number of halogens is 2. The molecule has 110 valence electrons. The number of carbonyl (C=O) groups is 1. The quantitative estimate of drug-likeness (QED) is 0.772. The van der Waals surface area contributed by atoms with Crippen LogP contribution in [-0.2, 0) is 17.6 Å². The molecule has 0 heterocycles. The van der Waals surface area contributed by atoms with E-state index in [-0.39, 0.29) is 11.7 Å². The number of hydrogen-bond acceptors (Lipinski definition) is 1. The van der Waals surface area contributed by atoms with Crippen LogP contribution in [0.3, 0.4) is 0 Å². The Hall–Kier alpha value is -2.03. The van der Waals surface area contributed by atoms with Gasteiger partial charge in [0.25, 0.3) is 0 Å². The molecule has 2 aromatic rings. The molecule has 0 aliphatic carbocycles. The van der Waals surface area contributed by atoms with Gasteiger partial charge in [-0.25, -0.2) is 8.78 Å². The van der Waals surface area contributed by atoms with E-state index in [0.29, 0.717) is 24.8 Å². The van der Waals surface area contributed by atoms with Crippen molar-refractivity contribution in [1.82, 2.24) is 0 Å². The fourth-order valence-electron chi connectivity index (χ4n) is 2.35. The molecule has 0 amide bonds. The van der Waals surface area contributed by atoms with E-state index in [2.05, 4.69) is 0 Å². The van der Waals surface area contributed by atoms with Gasteiger partial charge in [0.1, 0.15) is 17.4 Å². The number of benzene rings is 2. The molecular formula is C18H18F2O. The summed E-state index contributed by atoms with van der Waals surface area (Å²) in [5.41, 5.74) is 1.64. The van der Waals surface area contributed by atoms with E-state index in [1.165, 1.54) is 12.1 Å². The van der Waals surface area contributed by atoms with Crippen LogP contribution in [0.15, 0.2) is 48.5 Å². The second-order valence-corrected chi connectivity index (χ2v) is 5.33. The molecule has 0 spiro atoms. The van der Waals surface area contributed by atoms with E-state index < -0.39 is 11.6 Å². The lowest BCUT2D eigenvalue weighted by Crippen LogP contribution is -2.14. The Morgan fingerprint density at radius 2 is 1.62 bits per heavy atom. The number of hydrogen-bond donors (Lipinski definition) is 0. The van der Waals surface area contributed by atoms with E-state index in [9.17, 15) is 13.6 Å². The van der Waals surface area contributed by atoms with Crippen molar-refractivity contribution in [2.45, 2.75) is 26.2 Å². The standard InChI is InChI=1S/C18H18F2O/c1-13(9-15-10-16(19)12-17(20)11-15)18(21)8-7-14-5-3-2-4-6-14/h2-6,10-13H,7-9H2,1H3. The summed E-state index contributed by atoms with van der Waals surface area (Å²) in [6.45, 7) is 1.80. The molecule has 0 saturated carbocycles. The van der Waals surface area contributed by atoms with Crippen LogP contribution in [0.4, 0.5) is 8.78 Å². The Kier molecular flexibility index (Phi) is 5.20. The van der Waals surface area contributed by atoms with E-state index in [4.69, 9.17) is 0 Å². The van der Waals surface area contributed by atoms with Gasteiger partial charge in [-0.2, -0.15) is 0 Å². The van der Waals surface area contributed by atoms with Gasteiger partial charge in [-0.3, -0.25) is 4.79 Å². The van der Waals surface area contributed by atoms with Crippen molar-refractivity contribution < 1.29 is 13.6 Å². The minimum Gasteiger partial charge on any atom is -0.299 e. The average Bonchev–Trinajstić information content (AvgIpc) is 2.44. The number of rotatable bonds is 6. The van der Waals surface area contributed by atoms with Gasteiger partial charge in [-0.1, -0.05) is 37.3 Å². The number of ketones is 1.